The van der Waals surface area contributed by atoms with Gasteiger partial charge >= 0.3 is 5.69 Å². The molecule has 0 aliphatic heterocycles. The molecule has 0 fully saturated rings. The molecule has 2 aromatic rings. The highest BCUT2D eigenvalue weighted by atomic mass is 79.9. The lowest BCUT2D eigenvalue weighted by molar-refractivity contribution is -0.394. The number of aliphatic hydroxyl groups is 1. The van der Waals surface area contributed by atoms with Crippen molar-refractivity contribution in [3.63, 3.8) is 0 Å². The first-order valence-corrected chi connectivity index (χ1v) is 7.83. The Kier molecular flexibility index (Phi) is 5.88. The highest BCUT2D eigenvalue weighted by Gasteiger charge is 2.23. The number of non-ortho nitro benzene ring substituents is 1. The number of aliphatic hydroxyl groups excluding tert-OH is 1. The summed E-state index contributed by atoms with van der Waals surface area (Å²) in [5.74, 6) is 0.263. The van der Waals surface area contributed by atoms with Gasteiger partial charge in [-0.1, -0.05) is 0 Å². The normalized spacial score (nSPS) is 10.4. The molecule has 1 N–H and O–H groups in total. The van der Waals surface area contributed by atoms with Gasteiger partial charge in [-0.3, -0.25) is 20.2 Å². The number of ether oxygens (including phenoxy) is 2. The average molecular weight is 413 g/mol. The van der Waals surface area contributed by atoms with Crippen molar-refractivity contribution in [3.05, 3.63) is 60.6 Å². The van der Waals surface area contributed by atoms with Gasteiger partial charge in [-0.15, -0.1) is 0 Å². The minimum absolute atomic E-state index is 0.163. The van der Waals surface area contributed by atoms with Gasteiger partial charge in [0.2, 0.25) is 5.75 Å². The van der Waals surface area contributed by atoms with Crippen LogP contribution in [0.25, 0.3) is 0 Å². The Labute approximate surface area is 150 Å². The van der Waals surface area contributed by atoms with E-state index in [4.69, 9.17) is 9.47 Å². The lowest BCUT2D eigenvalue weighted by Gasteiger charge is -2.14. The summed E-state index contributed by atoms with van der Waals surface area (Å²) in [6.45, 7) is 1.83. The second-order valence-corrected chi connectivity index (χ2v) is 5.62. The van der Waals surface area contributed by atoms with E-state index in [9.17, 15) is 25.3 Å². The highest BCUT2D eigenvalue weighted by Crippen LogP contribution is 2.43. The van der Waals surface area contributed by atoms with Crippen LogP contribution in [0.1, 0.15) is 12.5 Å². The molecule has 9 nitrogen and oxygen atoms in total. The quantitative estimate of drug-likeness (QED) is 0.538. The predicted octanol–water partition coefficient (Wildman–Crippen LogP) is 3.95. The Morgan fingerprint density at radius 1 is 1.12 bits per heavy atom. The molecule has 0 atom stereocenters. The van der Waals surface area contributed by atoms with Crippen molar-refractivity contribution in [1.82, 2.24) is 0 Å². The van der Waals surface area contributed by atoms with Gasteiger partial charge in [-0.2, -0.15) is 0 Å². The molecule has 0 aliphatic carbocycles. The summed E-state index contributed by atoms with van der Waals surface area (Å²) in [7, 11) is 0. The van der Waals surface area contributed by atoms with Crippen molar-refractivity contribution in [2.24, 2.45) is 0 Å². The van der Waals surface area contributed by atoms with Crippen LogP contribution in [0.2, 0.25) is 0 Å². The van der Waals surface area contributed by atoms with Gasteiger partial charge in [0.1, 0.15) is 0 Å². The number of halogens is 1. The third-order valence-electron chi connectivity index (χ3n) is 3.11. The summed E-state index contributed by atoms with van der Waals surface area (Å²) in [5.41, 5.74) is -0.408. The summed E-state index contributed by atoms with van der Waals surface area (Å²) in [6.07, 6.45) is 0. The fraction of sp³-hybridized carbons (Fsp3) is 0.200. The first-order valence-electron chi connectivity index (χ1n) is 7.04. The Bertz CT molecular complexity index is 826. The molecule has 2 rings (SSSR count). The first-order chi connectivity index (χ1) is 11.9. The van der Waals surface area contributed by atoms with Crippen LogP contribution in [-0.2, 0) is 6.61 Å². The second kappa shape index (κ2) is 7.90. The van der Waals surface area contributed by atoms with Gasteiger partial charge in [0, 0.05) is 6.07 Å². The number of nitro groups is 2. The zero-order valence-corrected chi connectivity index (χ0v) is 14.6. The third-order valence-corrected chi connectivity index (χ3v) is 3.70. The minimum atomic E-state index is -0.765. The smallest absolute Gasteiger partial charge is 0.318 e. The van der Waals surface area contributed by atoms with E-state index in [2.05, 4.69) is 15.9 Å². The van der Waals surface area contributed by atoms with Gasteiger partial charge in [0.05, 0.1) is 33.6 Å². The SMILES string of the molecule is CCOc1cc(CO)cc(Br)c1Oc1ccc([N+](=O)[O-])cc1[N+](=O)[O-]. The molecule has 0 radical (unpaired) electrons. The van der Waals surface area contributed by atoms with E-state index in [1.807, 2.05) is 0 Å². The monoisotopic (exact) mass is 412 g/mol. The Morgan fingerprint density at radius 2 is 1.84 bits per heavy atom. The largest absolute Gasteiger partial charge is 0.490 e. The number of rotatable bonds is 7. The maximum absolute atomic E-state index is 11.2. The summed E-state index contributed by atoms with van der Waals surface area (Å²) >= 11 is 3.27. The van der Waals surface area contributed by atoms with E-state index >= 15 is 0 Å². The van der Waals surface area contributed by atoms with E-state index in [0.717, 1.165) is 18.2 Å². The molecule has 2 aromatic carbocycles. The fourth-order valence-corrected chi connectivity index (χ4v) is 2.60. The van der Waals surface area contributed by atoms with E-state index in [1.54, 1.807) is 19.1 Å². The molecule has 0 unspecified atom stereocenters. The van der Waals surface area contributed by atoms with Gasteiger partial charge in [0.25, 0.3) is 5.69 Å². The van der Waals surface area contributed by atoms with Gasteiger partial charge in [-0.05, 0) is 46.6 Å². The Balaban J connectivity index is 2.52. The molecule has 25 heavy (non-hydrogen) atoms. The topological polar surface area (TPSA) is 125 Å². The molecule has 10 heteroatoms. The third kappa shape index (κ3) is 4.22. The Hall–Kier alpha value is -2.72. The zero-order valence-electron chi connectivity index (χ0n) is 13.0. The van der Waals surface area contributed by atoms with Crippen LogP contribution in [0, 0.1) is 20.2 Å². The molecule has 0 heterocycles. The van der Waals surface area contributed by atoms with E-state index in [1.165, 1.54) is 0 Å². The first kappa shape index (κ1) is 18.6. The number of hydrogen-bond acceptors (Lipinski definition) is 7. The minimum Gasteiger partial charge on any atom is -0.490 e. The molecule has 0 saturated carbocycles. The van der Waals surface area contributed by atoms with Crippen LogP contribution >= 0.6 is 15.9 Å². The van der Waals surface area contributed by atoms with Crippen LogP contribution in [0.4, 0.5) is 11.4 Å². The molecule has 0 amide bonds. The predicted molar refractivity (Wildman–Crippen MR) is 91.1 cm³/mol. The van der Waals surface area contributed by atoms with E-state index in [-0.39, 0.29) is 23.9 Å². The van der Waals surface area contributed by atoms with Crippen LogP contribution in [0.5, 0.6) is 17.2 Å². The molecule has 0 spiro atoms. The second-order valence-electron chi connectivity index (χ2n) is 4.76. The van der Waals surface area contributed by atoms with Crippen molar-refractivity contribution in [3.8, 4) is 17.2 Å². The van der Waals surface area contributed by atoms with Crippen molar-refractivity contribution < 1.29 is 24.4 Å². The number of benzene rings is 2. The molecule has 132 valence electrons. The summed E-state index contributed by atoms with van der Waals surface area (Å²) < 4.78 is 11.5. The van der Waals surface area contributed by atoms with Gasteiger partial charge in [0.15, 0.2) is 11.5 Å². The molecule has 0 bridgehead atoms. The maximum atomic E-state index is 11.2. The molecular weight excluding hydrogens is 400 g/mol. The summed E-state index contributed by atoms with van der Waals surface area (Å²) in [6, 6.07) is 6.21. The lowest BCUT2D eigenvalue weighted by atomic mass is 10.2. The van der Waals surface area contributed by atoms with Crippen LogP contribution in [-0.4, -0.2) is 21.6 Å². The highest BCUT2D eigenvalue weighted by molar-refractivity contribution is 9.10. The van der Waals surface area contributed by atoms with Crippen molar-refractivity contribution in [2.45, 2.75) is 13.5 Å². The van der Waals surface area contributed by atoms with E-state index < -0.39 is 21.2 Å². The van der Waals surface area contributed by atoms with Crippen LogP contribution < -0.4 is 9.47 Å². The molecule has 0 aliphatic rings. The molecular formula is C15H13BrN2O7. The number of hydrogen-bond donors (Lipinski definition) is 1. The number of nitro benzene ring substituents is 2. The zero-order chi connectivity index (χ0) is 18.6. The standard InChI is InChI=1S/C15H13BrN2O7/c1-2-24-14-6-9(8-19)5-11(16)15(14)25-13-4-3-10(17(20)21)7-12(13)18(22)23/h3-7,19H,2,8H2,1H3. The van der Waals surface area contributed by atoms with Crippen molar-refractivity contribution >= 4 is 27.3 Å². The average Bonchev–Trinajstić information content (AvgIpc) is 2.57. The van der Waals surface area contributed by atoms with Crippen molar-refractivity contribution in [2.75, 3.05) is 6.61 Å². The van der Waals surface area contributed by atoms with Crippen LogP contribution in [0.15, 0.2) is 34.8 Å². The van der Waals surface area contributed by atoms with Crippen molar-refractivity contribution in [1.29, 1.82) is 0 Å². The van der Waals surface area contributed by atoms with Gasteiger partial charge in [-0.25, -0.2) is 0 Å². The maximum Gasteiger partial charge on any atom is 0.318 e. The molecule has 0 saturated heterocycles. The van der Waals surface area contributed by atoms with Gasteiger partial charge < -0.3 is 14.6 Å². The van der Waals surface area contributed by atoms with E-state index in [0.29, 0.717) is 16.6 Å². The number of nitrogens with zero attached hydrogens (tertiary/aromatic N) is 2. The summed E-state index contributed by atoms with van der Waals surface area (Å²) in [4.78, 5) is 20.5. The lowest BCUT2D eigenvalue weighted by Crippen LogP contribution is -2.00. The summed E-state index contributed by atoms with van der Waals surface area (Å²) in [5, 5.41) is 31.3. The molecule has 0 aromatic heterocycles. The fourth-order valence-electron chi connectivity index (χ4n) is 2.03. The van der Waals surface area contributed by atoms with Crippen LogP contribution in [0.3, 0.4) is 0 Å². The Morgan fingerprint density at radius 3 is 2.40 bits per heavy atom.